The molecule has 1 aromatic carbocycles. The van der Waals surface area contributed by atoms with Crippen molar-refractivity contribution in [2.75, 3.05) is 19.6 Å². The number of quaternary nitrogens is 1. The van der Waals surface area contributed by atoms with Gasteiger partial charge < -0.3 is 9.45 Å². The lowest BCUT2D eigenvalue weighted by molar-refractivity contribution is -0.900. The molecule has 24 heavy (non-hydrogen) atoms. The van der Waals surface area contributed by atoms with Crippen LogP contribution in [0.2, 0.25) is 0 Å². The van der Waals surface area contributed by atoms with Crippen LogP contribution in [0, 0.1) is 6.92 Å². The zero-order valence-corrected chi connectivity index (χ0v) is 16.6. The molecule has 0 bridgehead atoms. The molecule has 0 aromatic heterocycles. The first kappa shape index (κ1) is 23.1. The standard InChI is InChI=1S/C12H27N.C7H8O3S/c1-4-7-10-13(11-8-5-2)12-9-6-3;1-6-2-4-7(5-3-6)11(8,9)10/h4-12H2,1-3H3;2-5H,1H3,(H,8,9,10). The third-order valence-corrected chi connectivity index (χ3v) is 4.81. The minimum absolute atomic E-state index is 0.178. The second-order valence-electron chi connectivity index (χ2n) is 6.33. The van der Waals surface area contributed by atoms with Crippen LogP contribution in [0.5, 0.6) is 0 Å². The van der Waals surface area contributed by atoms with E-state index in [4.69, 9.17) is 0 Å². The summed E-state index contributed by atoms with van der Waals surface area (Å²) in [6.07, 6.45) is 8.26. The number of hydrogen-bond acceptors (Lipinski definition) is 3. The number of unbranched alkanes of at least 4 members (excludes halogenated alkanes) is 3. The zero-order chi connectivity index (χ0) is 18.4. The number of aryl methyl sites for hydroxylation is 1. The van der Waals surface area contributed by atoms with Crippen LogP contribution in [0.1, 0.15) is 64.9 Å². The van der Waals surface area contributed by atoms with E-state index in [-0.39, 0.29) is 4.90 Å². The van der Waals surface area contributed by atoms with Gasteiger partial charge in [-0.2, -0.15) is 0 Å². The Morgan fingerprint density at radius 2 is 1.21 bits per heavy atom. The fourth-order valence-electron chi connectivity index (χ4n) is 2.36. The van der Waals surface area contributed by atoms with Crippen molar-refractivity contribution in [3.63, 3.8) is 0 Å². The molecule has 0 unspecified atom stereocenters. The van der Waals surface area contributed by atoms with Gasteiger partial charge in [0.15, 0.2) is 0 Å². The van der Waals surface area contributed by atoms with Gasteiger partial charge >= 0.3 is 0 Å². The maximum absolute atomic E-state index is 10.4. The average Bonchev–Trinajstić information content (AvgIpc) is 2.54. The van der Waals surface area contributed by atoms with Crippen LogP contribution in [-0.4, -0.2) is 32.6 Å². The fourth-order valence-corrected chi connectivity index (χ4v) is 2.83. The molecule has 0 radical (unpaired) electrons. The van der Waals surface area contributed by atoms with Gasteiger partial charge in [-0.1, -0.05) is 57.7 Å². The molecule has 1 rings (SSSR count). The molecule has 0 aliphatic heterocycles. The Morgan fingerprint density at radius 1 is 0.833 bits per heavy atom. The van der Waals surface area contributed by atoms with Crippen molar-refractivity contribution in [3.8, 4) is 0 Å². The molecule has 0 aliphatic carbocycles. The van der Waals surface area contributed by atoms with Crippen LogP contribution in [0.3, 0.4) is 0 Å². The molecule has 0 spiro atoms. The van der Waals surface area contributed by atoms with E-state index in [2.05, 4.69) is 20.8 Å². The Hall–Kier alpha value is -0.910. The van der Waals surface area contributed by atoms with Crippen LogP contribution in [0.25, 0.3) is 0 Å². The van der Waals surface area contributed by atoms with Crippen LogP contribution in [-0.2, 0) is 10.1 Å². The summed E-state index contributed by atoms with van der Waals surface area (Å²) in [5.74, 6) is 0. The van der Waals surface area contributed by atoms with Crippen molar-refractivity contribution in [2.24, 2.45) is 0 Å². The van der Waals surface area contributed by atoms with Crippen molar-refractivity contribution in [2.45, 2.75) is 71.1 Å². The lowest BCUT2D eigenvalue weighted by atomic mass is 10.2. The fraction of sp³-hybridized carbons (Fsp3) is 0.684. The summed E-state index contributed by atoms with van der Waals surface area (Å²) >= 11 is 0. The van der Waals surface area contributed by atoms with E-state index in [1.807, 2.05) is 11.8 Å². The van der Waals surface area contributed by atoms with Gasteiger partial charge in [-0.3, -0.25) is 0 Å². The van der Waals surface area contributed by atoms with Gasteiger partial charge in [-0.05, 0) is 38.3 Å². The summed E-state index contributed by atoms with van der Waals surface area (Å²) in [7, 11) is -4.27. The van der Waals surface area contributed by atoms with Gasteiger partial charge in [-0.25, -0.2) is 8.42 Å². The SMILES string of the molecule is CCCC[NH+](CCCC)CCCC.Cc1ccc(S(=O)(=O)[O-])cc1. The minimum atomic E-state index is -4.27. The summed E-state index contributed by atoms with van der Waals surface area (Å²) in [5, 5.41) is 0. The Kier molecular flexibility index (Phi) is 12.9. The molecule has 0 amide bonds. The van der Waals surface area contributed by atoms with E-state index in [9.17, 15) is 13.0 Å². The highest BCUT2D eigenvalue weighted by molar-refractivity contribution is 7.85. The van der Waals surface area contributed by atoms with E-state index in [0.29, 0.717) is 0 Å². The average molecular weight is 358 g/mol. The number of rotatable bonds is 10. The molecule has 0 aliphatic rings. The van der Waals surface area contributed by atoms with E-state index in [0.717, 1.165) is 5.56 Å². The lowest BCUT2D eigenvalue weighted by Gasteiger charge is -2.18. The molecule has 5 heteroatoms. The van der Waals surface area contributed by atoms with Crippen molar-refractivity contribution in [3.05, 3.63) is 29.8 Å². The van der Waals surface area contributed by atoms with Crippen LogP contribution in [0.4, 0.5) is 0 Å². The predicted octanol–water partition coefficient (Wildman–Crippen LogP) is 3.17. The first-order chi connectivity index (χ1) is 11.3. The molecule has 1 aromatic rings. The van der Waals surface area contributed by atoms with Crippen LogP contribution in [0.15, 0.2) is 29.2 Å². The monoisotopic (exact) mass is 357 g/mol. The van der Waals surface area contributed by atoms with Gasteiger partial charge in [0.25, 0.3) is 0 Å². The van der Waals surface area contributed by atoms with Crippen molar-refractivity contribution < 1.29 is 17.9 Å². The van der Waals surface area contributed by atoms with E-state index in [1.54, 1.807) is 12.1 Å². The second kappa shape index (κ2) is 13.4. The highest BCUT2D eigenvalue weighted by atomic mass is 32.2. The normalized spacial score (nSPS) is 11.2. The third kappa shape index (κ3) is 11.6. The molecule has 0 atom stereocenters. The first-order valence-corrected chi connectivity index (χ1v) is 10.6. The third-order valence-electron chi connectivity index (χ3n) is 3.96. The van der Waals surface area contributed by atoms with Gasteiger partial charge in [0.2, 0.25) is 0 Å². The quantitative estimate of drug-likeness (QED) is 0.654. The molecule has 0 saturated carbocycles. The van der Waals surface area contributed by atoms with Gasteiger partial charge in [0.05, 0.1) is 24.5 Å². The summed E-state index contributed by atoms with van der Waals surface area (Å²) in [5.41, 5.74) is 0.928. The van der Waals surface area contributed by atoms with E-state index >= 15 is 0 Å². The maximum atomic E-state index is 10.4. The number of benzene rings is 1. The van der Waals surface area contributed by atoms with Gasteiger partial charge in [-0.15, -0.1) is 0 Å². The molecule has 0 heterocycles. The number of hydrogen-bond donors (Lipinski definition) is 1. The highest BCUT2D eigenvalue weighted by Crippen LogP contribution is 2.08. The van der Waals surface area contributed by atoms with Crippen molar-refractivity contribution in [1.82, 2.24) is 0 Å². The topological polar surface area (TPSA) is 61.6 Å². The smallest absolute Gasteiger partial charge is 0.124 e. The summed E-state index contributed by atoms with van der Waals surface area (Å²) < 4.78 is 31.2. The minimum Gasteiger partial charge on any atom is -0.744 e. The first-order valence-electron chi connectivity index (χ1n) is 9.21. The molecule has 4 nitrogen and oxygen atoms in total. The summed E-state index contributed by atoms with van der Waals surface area (Å²) in [6, 6.07) is 5.78. The van der Waals surface area contributed by atoms with E-state index < -0.39 is 10.1 Å². The number of nitrogens with one attached hydrogen (secondary N) is 1. The zero-order valence-electron chi connectivity index (χ0n) is 15.8. The van der Waals surface area contributed by atoms with Crippen LogP contribution >= 0.6 is 0 Å². The molecule has 0 saturated heterocycles. The molecular weight excluding hydrogens is 322 g/mol. The Morgan fingerprint density at radius 3 is 1.50 bits per heavy atom. The Labute approximate surface area is 149 Å². The Balaban J connectivity index is 0.000000446. The van der Waals surface area contributed by atoms with Crippen LogP contribution < -0.4 is 4.90 Å². The van der Waals surface area contributed by atoms with E-state index in [1.165, 1.54) is 70.3 Å². The maximum Gasteiger partial charge on any atom is 0.124 e. The largest absolute Gasteiger partial charge is 0.744 e. The van der Waals surface area contributed by atoms with Gasteiger partial charge in [0, 0.05) is 0 Å². The van der Waals surface area contributed by atoms with Crippen molar-refractivity contribution in [1.29, 1.82) is 0 Å². The Bertz CT molecular complexity index is 493. The van der Waals surface area contributed by atoms with Gasteiger partial charge in [0.1, 0.15) is 10.1 Å². The highest BCUT2D eigenvalue weighted by Gasteiger charge is 2.05. The molecule has 140 valence electrons. The lowest BCUT2D eigenvalue weighted by Crippen LogP contribution is -3.12. The van der Waals surface area contributed by atoms with Crippen molar-refractivity contribution >= 4 is 10.1 Å². The molecule has 0 fully saturated rings. The summed E-state index contributed by atoms with van der Waals surface area (Å²) in [4.78, 5) is 1.66. The summed E-state index contributed by atoms with van der Waals surface area (Å²) in [6.45, 7) is 12.9. The molecular formula is C19H35NO3S. The predicted molar refractivity (Wildman–Crippen MR) is 99.4 cm³/mol. The molecule has 1 N–H and O–H groups in total. The second-order valence-corrected chi connectivity index (χ2v) is 7.71.